The first-order valence-corrected chi connectivity index (χ1v) is 22.8. The van der Waals surface area contributed by atoms with Crippen LogP contribution in [0.2, 0.25) is 0 Å². The van der Waals surface area contributed by atoms with Crippen LogP contribution in [0.15, 0.2) is 0 Å². The number of nitrogens with two attached hydrogens (primary N) is 1. The molecule has 0 spiro atoms. The fourth-order valence-corrected chi connectivity index (χ4v) is 8.93. The monoisotopic (exact) mass is 1050 g/mol. The van der Waals surface area contributed by atoms with Crippen LogP contribution in [0.5, 0.6) is 0 Å². The maximum absolute atomic E-state index is 11.3. The van der Waals surface area contributed by atoms with Gasteiger partial charge in [-0.3, -0.25) is 0 Å². The van der Waals surface area contributed by atoms with Crippen LogP contribution in [0.25, 0.3) is 0 Å². The van der Waals surface area contributed by atoms with E-state index in [1.807, 2.05) is 0 Å². The lowest BCUT2D eigenvalue weighted by Gasteiger charge is -2.50. The highest BCUT2D eigenvalue weighted by Crippen LogP contribution is 2.37. The molecular weight excluding hydrogens is 978 g/mol. The number of ether oxygens (including phenoxy) is 12. The van der Waals surface area contributed by atoms with E-state index in [9.17, 15) is 97.0 Å². The number of rotatable bonds is 20. The van der Waals surface area contributed by atoms with Crippen molar-refractivity contribution in [3.63, 3.8) is 0 Å². The van der Waals surface area contributed by atoms with Gasteiger partial charge in [-0.05, 0) is 13.0 Å². The van der Waals surface area contributed by atoms with E-state index in [1.54, 1.807) is 0 Å². The van der Waals surface area contributed by atoms with Crippen molar-refractivity contribution in [3.05, 3.63) is 0 Å². The van der Waals surface area contributed by atoms with E-state index in [-0.39, 0.29) is 13.2 Å². The lowest BCUT2D eigenvalue weighted by molar-refractivity contribution is -0.396. The molecular formula is C39H69NO31. The Morgan fingerprint density at radius 2 is 0.507 bits per heavy atom. The van der Waals surface area contributed by atoms with Crippen LogP contribution in [0.1, 0.15) is 6.42 Å². The first-order valence-electron chi connectivity index (χ1n) is 22.8. The minimum absolute atomic E-state index is 0.0360. The van der Waals surface area contributed by atoms with Gasteiger partial charge in [-0.1, -0.05) is 0 Å². The quantitative estimate of drug-likeness (QED) is 0.0504. The Bertz CT molecular complexity index is 1570. The third-order valence-corrected chi connectivity index (χ3v) is 13.0. The Labute approximate surface area is 402 Å². The first-order chi connectivity index (χ1) is 33.8. The Balaban J connectivity index is 1.06. The predicted molar refractivity (Wildman–Crippen MR) is 217 cm³/mol. The molecule has 32 heteroatoms. The van der Waals surface area contributed by atoms with Crippen LogP contribution in [0.3, 0.4) is 0 Å². The van der Waals surface area contributed by atoms with Gasteiger partial charge >= 0.3 is 0 Å². The van der Waals surface area contributed by atoms with Crippen molar-refractivity contribution in [2.75, 3.05) is 52.8 Å². The molecule has 32 nitrogen and oxygen atoms in total. The van der Waals surface area contributed by atoms with Crippen molar-refractivity contribution < 1.29 is 154 Å². The summed E-state index contributed by atoms with van der Waals surface area (Å²) in [5, 5.41) is 202. The largest absolute Gasteiger partial charge is 0.394 e. The second-order valence-corrected chi connectivity index (χ2v) is 17.7. The number of aliphatic hydroxyl groups excluding tert-OH is 19. The Kier molecular flexibility index (Phi) is 21.7. The van der Waals surface area contributed by atoms with Crippen LogP contribution in [-0.2, 0) is 56.8 Å². The molecule has 0 amide bonds. The molecule has 30 atom stereocenters. The zero-order valence-electron chi connectivity index (χ0n) is 37.7. The SMILES string of the molecule is NCCCO[C@H]1OC(CO)[C@@H](O[C@@H]2OC(CO)[C@@H](O[C@H]3OC(CO)[C@H](O[C@H]4OC(CO)[C@@H](O[C@@H]5OC(CO)[C@@H](O[C@H]6OC(CO)[C@H](O)[C@H](O)C6O)[C@H](O)C5O)[C@H](O)C4O)[C@H](O)C3O)[C@H](O)C2O)[C@H](O)C1O. The lowest BCUT2D eigenvalue weighted by Crippen LogP contribution is -2.68. The minimum Gasteiger partial charge on any atom is -0.394 e. The lowest BCUT2D eigenvalue weighted by atomic mass is 9.95. The van der Waals surface area contributed by atoms with Crippen LogP contribution in [0.4, 0.5) is 0 Å². The molecule has 6 aliphatic rings. The van der Waals surface area contributed by atoms with Crippen molar-refractivity contribution in [2.45, 2.75) is 191 Å². The van der Waals surface area contributed by atoms with Crippen molar-refractivity contribution in [1.82, 2.24) is 0 Å². The van der Waals surface area contributed by atoms with Crippen molar-refractivity contribution in [2.24, 2.45) is 5.73 Å². The summed E-state index contributed by atoms with van der Waals surface area (Å²) >= 11 is 0. The van der Waals surface area contributed by atoms with Gasteiger partial charge in [0.2, 0.25) is 0 Å². The second-order valence-electron chi connectivity index (χ2n) is 17.7. The van der Waals surface area contributed by atoms with Gasteiger partial charge in [0.25, 0.3) is 0 Å². The molecule has 0 aromatic rings. The van der Waals surface area contributed by atoms with Gasteiger partial charge in [0, 0.05) is 0 Å². The molecule has 6 heterocycles. The molecule has 6 saturated heterocycles. The fourth-order valence-electron chi connectivity index (χ4n) is 8.93. The number of hydrogen-bond acceptors (Lipinski definition) is 32. The van der Waals surface area contributed by atoms with Gasteiger partial charge in [-0.15, -0.1) is 0 Å². The summed E-state index contributed by atoms with van der Waals surface area (Å²) in [6, 6.07) is 0. The first kappa shape index (κ1) is 59.0. The zero-order chi connectivity index (χ0) is 52.2. The topological polar surface area (TPSA) is 521 Å². The summed E-state index contributed by atoms with van der Waals surface area (Å²) in [5.41, 5.74) is 5.45. The van der Waals surface area contributed by atoms with E-state index in [0.717, 1.165) is 0 Å². The zero-order valence-corrected chi connectivity index (χ0v) is 37.7. The van der Waals surface area contributed by atoms with Crippen LogP contribution in [0, 0.1) is 0 Å². The van der Waals surface area contributed by atoms with E-state index in [0.29, 0.717) is 6.42 Å². The van der Waals surface area contributed by atoms with E-state index < -0.39 is 224 Å². The van der Waals surface area contributed by atoms with Crippen molar-refractivity contribution in [1.29, 1.82) is 0 Å². The fraction of sp³-hybridized carbons (Fsp3) is 1.00. The normalized spacial score (nSPS) is 51.0. The van der Waals surface area contributed by atoms with Gasteiger partial charge in [0.1, 0.15) is 146 Å². The van der Waals surface area contributed by atoms with Crippen molar-refractivity contribution >= 4 is 0 Å². The predicted octanol–water partition coefficient (Wildman–Crippen LogP) is -13.7. The molecule has 21 N–H and O–H groups in total. The Morgan fingerprint density at radius 1 is 0.282 bits per heavy atom. The summed E-state index contributed by atoms with van der Waals surface area (Å²) in [7, 11) is 0. The smallest absolute Gasteiger partial charge is 0.187 e. The van der Waals surface area contributed by atoms with Crippen LogP contribution in [-0.4, -0.2) is 334 Å². The summed E-state index contributed by atoms with van der Waals surface area (Å²) in [6.07, 6.45) is -55.0. The van der Waals surface area contributed by atoms with Crippen molar-refractivity contribution in [3.8, 4) is 0 Å². The maximum atomic E-state index is 11.3. The number of aliphatic hydroxyl groups is 19. The van der Waals surface area contributed by atoms with Gasteiger partial charge < -0.3 is 160 Å². The molecule has 6 aliphatic heterocycles. The maximum Gasteiger partial charge on any atom is 0.187 e. The highest BCUT2D eigenvalue weighted by Gasteiger charge is 2.57. The average molecular weight is 1050 g/mol. The summed E-state index contributed by atoms with van der Waals surface area (Å²) < 4.78 is 66.9. The molecule has 0 bridgehead atoms. The molecule has 6 fully saturated rings. The summed E-state index contributed by atoms with van der Waals surface area (Å²) in [4.78, 5) is 0. The Morgan fingerprint density at radius 3 is 0.761 bits per heavy atom. The van der Waals surface area contributed by atoms with Gasteiger partial charge in [0.15, 0.2) is 37.7 Å². The number of hydrogen-bond donors (Lipinski definition) is 20. The van der Waals surface area contributed by atoms with E-state index in [2.05, 4.69) is 0 Å². The summed E-state index contributed by atoms with van der Waals surface area (Å²) in [5.74, 6) is 0. The standard InChI is InChI=1S/C39H69NO31/c40-2-1-3-60-34-24(55)18(49)29(11(5-42)62-34)68-36-26(57)20(51)31(13(7-44)64-36)70-38-28(59)22(53)33(15(9-46)66-38)71-39-27(58)21(52)32(14(8-45)65-39)69-37-25(56)19(50)30(12(6-43)63-37)67-35-23(54)17(48)16(47)10(4-41)61-35/h10-39,41-59H,1-9,40H2/t10?,11?,12?,13?,14?,15?,16-,17-,18+,19+,20+,21+,22+,23?,24?,25?,26?,27?,28?,29+,30+,31+,32+,33-,34-,35+,36-,37-,38+,39+/m0/s1. The molecule has 416 valence electrons. The van der Waals surface area contributed by atoms with E-state index in [1.165, 1.54) is 0 Å². The molecule has 0 radical (unpaired) electrons. The minimum atomic E-state index is -2.17. The third kappa shape index (κ3) is 12.6. The van der Waals surface area contributed by atoms with Gasteiger partial charge in [0.05, 0.1) is 46.2 Å². The molecule has 0 aromatic carbocycles. The molecule has 71 heavy (non-hydrogen) atoms. The van der Waals surface area contributed by atoms with Gasteiger partial charge in [-0.2, -0.15) is 0 Å². The second kappa shape index (κ2) is 26.2. The highest BCUT2D eigenvalue weighted by atomic mass is 16.8. The highest BCUT2D eigenvalue weighted by molar-refractivity contribution is 5.00. The summed E-state index contributed by atoms with van der Waals surface area (Å²) in [6.45, 7) is -5.29. The van der Waals surface area contributed by atoms with E-state index >= 15 is 0 Å². The molecule has 6 rings (SSSR count). The van der Waals surface area contributed by atoms with Gasteiger partial charge in [-0.25, -0.2) is 0 Å². The Hall–Kier alpha value is -1.28. The third-order valence-electron chi connectivity index (χ3n) is 13.0. The van der Waals surface area contributed by atoms with E-state index in [4.69, 9.17) is 62.6 Å². The molecule has 12 unspecified atom stereocenters. The molecule has 0 aliphatic carbocycles. The van der Waals surface area contributed by atoms with Crippen LogP contribution < -0.4 is 5.73 Å². The van der Waals surface area contributed by atoms with Crippen LogP contribution >= 0.6 is 0 Å². The molecule has 0 aromatic heterocycles. The average Bonchev–Trinajstić information content (AvgIpc) is 3.36. The molecule has 0 saturated carbocycles.